The van der Waals surface area contributed by atoms with Crippen molar-refractivity contribution in [3.63, 3.8) is 0 Å². The first-order valence-electron chi connectivity index (χ1n) is 9.53. The molecule has 8 nitrogen and oxygen atoms in total. The summed E-state index contributed by atoms with van der Waals surface area (Å²) in [5.41, 5.74) is 1.29. The number of amides is 1. The van der Waals surface area contributed by atoms with E-state index in [9.17, 15) is 4.79 Å². The topological polar surface area (TPSA) is 106 Å². The van der Waals surface area contributed by atoms with E-state index in [0.29, 0.717) is 36.2 Å². The summed E-state index contributed by atoms with van der Waals surface area (Å²) in [6, 6.07) is 9.61. The first-order valence-corrected chi connectivity index (χ1v) is 9.53. The Kier molecular flexibility index (Phi) is 5.56. The molecular formula is C20H22N6O2. The monoisotopic (exact) mass is 378 g/mol. The highest BCUT2D eigenvalue weighted by Crippen LogP contribution is 2.32. The van der Waals surface area contributed by atoms with Crippen molar-refractivity contribution < 1.29 is 9.32 Å². The van der Waals surface area contributed by atoms with E-state index >= 15 is 0 Å². The number of nitrogens with one attached hydrogen (secondary N) is 2. The second-order valence-electron chi connectivity index (χ2n) is 6.82. The van der Waals surface area contributed by atoms with Crippen LogP contribution in [0, 0.1) is 0 Å². The third kappa shape index (κ3) is 4.51. The van der Waals surface area contributed by atoms with E-state index in [1.165, 1.54) is 25.2 Å². The maximum absolute atomic E-state index is 12.2. The average Bonchev–Trinajstić information content (AvgIpc) is 3.41. The molecule has 1 amide bonds. The fraction of sp³-hybridized carbons (Fsp3) is 0.350. The lowest BCUT2D eigenvalue weighted by atomic mass is 10.1. The minimum atomic E-state index is -0.231. The Labute approximate surface area is 162 Å². The van der Waals surface area contributed by atoms with Crippen LogP contribution in [-0.2, 0) is 6.42 Å². The van der Waals surface area contributed by atoms with Crippen LogP contribution in [0.4, 0.5) is 11.6 Å². The lowest BCUT2D eigenvalue weighted by Gasteiger charge is -2.06. The van der Waals surface area contributed by atoms with Crippen LogP contribution in [0.5, 0.6) is 0 Å². The Bertz CT molecular complexity index is 904. The van der Waals surface area contributed by atoms with E-state index in [4.69, 9.17) is 4.52 Å². The van der Waals surface area contributed by atoms with Crippen molar-refractivity contribution in [2.45, 2.75) is 38.0 Å². The van der Waals surface area contributed by atoms with Gasteiger partial charge in [0.25, 0.3) is 5.91 Å². The molecule has 1 fully saturated rings. The molecule has 2 N–H and O–H groups in total. The normalized spacial score (nSPS) is 14.1. The maximum atomic E-state index is 12.2. The van der Waals surface area contributed by atoms with Gasteiger partial charge in [0.2, 0.25) is 11.8 Å². The Hall–Kier alpha value is -3.29. The van der Waals surface area contributed by atoms with Gasteiger partial charge in [-0.1, -0.05) is 36.2 Å². The Balaban J connectivity index is 1.25. The van der Waals surface area contributed by atoms with Gasteiger partial charge in [0.05, 0.1) is 5.56 Å². The van der Waals surface area contributed by atoms with Gasteiger partial charge in [-0.3, -0.25) is 4.79 Å². The molecule has 1 aliphatic carbocycles. The van der Waals surface area contributed by atoms with Crippen LogP contribution in [0.15, 0.2) is 47.2 Å². The van der Waals surface area contributed by atoms with E-state index < -0.39 is 0 Å². The second-order valence-corrected chi connectivity index (χ2v) is 6.82. The number of anilines is 2. The molecule has 0 unspecified atom stereocenters. The van der Waals surface area contributed by atoms with Crippen LogP contribution in [0.3, 0.4) is 0 Å². The van der Waals surface area contributed by atoms with Crippen LogP contribution >= 0.6 is 0 Å². The molecule has 0 spiro atoms. The van der Waals surface area contributed by atoms with Crippen LogP contribution < -0.4 is 10.6 Å². The first-order chi connectivity index (χ1) is 13.8. The lowest BCUT2D eigenvalue weighted by molar-refractivity contribution is 0.0953. The molecule has 8 heteroatoms. The minimum absolute atomic E-state index is 0.231. The van der Waals surface area contributed by atoms with Crippen LogP contribution in [0.25, 0.3) is 0 Å². The van der Waals surface area contributed by atoms with Gasteiger partial charge in [-0.2, -0.15) is 4.98 Å². The average molecular weight is 378 g/mol. The second kappa shape index (κ2) is 8.60. The number of aromatic nitrogens is 4. The molecule has 4 rings (SSSR count). The van der Waals surface area contributed by atoms with Gasteiger partial charge < -0.3 is 15.2 Å². The Morgan fingerprint density at radius 3 is 2.61 bits per heavy atom. The molecule has 0 bridgehead atoms. The highest BCUT2D eigenvalue weighted by Gasteiger charge is 2.22. The summed E-state index contributed by atoms with van der Waals surface area (Å²) in [5.74, 6) is 1.96. The third-order valence-electron chi connectivity index (χ3n) is 4.77. The van der Waals surface area contributed by atoms with E-state index in [1.54, 1.807) is 0 Å². The summed E-state index contributed by atoms with van der Waals surface area (Å²) in [7, 11) is 0. The van der Waals surface area contributed by atoms with Gasteiger partial charge in [-0.15, -0.1) is 0 Å². The predicted molar refractivity (Wildman–Crippen MR) is 103 cm³/mol. The zero-order valence-electron chi connectivity index (χ0n) is 15.5. The summed E-state index contributed by atoms with van der Waals surface area (Å²) < 4.78 is 5.35. The molecule has 0 radical (unpaired) electrons. The summed E-state index contributed by atoms with van der Waals surface area (Å²) in [6.07, 6.45) is 8.21. The summed E-state index contributed by atoms with van der Waals surface area (Å²) in [6.45, 7) is 0.423. The van der Waals surface area contributed by atoms with Gasteiger partial charge in [-0.25, -0.2) is 9.97 Å². The number of rotatable bonds is 7. The van der Waals surface area contributed by atoms with Crippen molar-refractivity contribution in [3.8, 4) is 0 Å². The van der Waals surface area contributed by atoms with E-state index in [-0.39, 0.29) is 5.91 Å². The quantitative estimate of drug-likeness (QED) is 0.650. The van der Waals surface area contributed by atoms with E-state index in [1.807, 2.05) is 30.3 Å². The summed E-state index contributed by atoms with van der Waals surface area (Å²) >= 11 is 0. The molecular weight excluding hydrogens is 356 g/mol. The number of carbonyl (C=O) groups excluding carboxylic acids is 1. The largest absolute Gasteiger partial charge is 0.351 e. The van der Waals surface area contributed by atoms with Crippen molar-refractivity contribution in [3.05, 3.63) is 60.0 Å². The molecule has 0 saturated heterocycles. The number of hydrogen-bond donors (Lipinski definition) is 2. The number of carbonyl (C=O) groups is 1. The van der Waals surface area contributed by atoms with Crippen molar-refractivity contribution in [1.82, 2.24) is 25.4 Å². The van der Waals surface area contributed by atoms with Crippen LogP contribution in [0.1, 0.15) is 53.7 Å². The molecule has 2 heterocycles. The highest BCUT2D eigenvalue weighted by molar-refractivity contribution is 5.93. The van der Waals surface area contributed by atoms with Crippen LogP contribution in [-0.4, -0.2) is 32.6 Å². The SMILES string of the molecule is O=C(NCCc1noc(C2CCCC2)n1)c1cnc(Nc2ccccc2)nc1. The zero-order valence-corrected chi connectivity index (χ0v) is 15.5. The van der Waals surface area contributed by atoms with Gasteiger partial charge >= 0.3 is 0 Å². The van der Waals surface area contributed by atoms with Crippen molar-refractivity contribution in [2.24, 2.45) is 0 Å². The van der Waals surface area contributed by atoms with Crippen molar-refractivity contribution in [1.29, 1.82) is 0 Å². The van der Waals surface area contributed by atoms with Crippen molar-refractivity contribution in [2.75, 3.05) is 11.9 Å². The number of para-hydroxylation sites is 1. The van der Waals surface area contributed by atoms with Gasteiger partial charge in [0.1, 0.15) is 0 Å². The lowest BCUT2D eigenvalue weighted by Crippen LogP contribution is -2.26. The molecule has 1 aromatic carbocycles. The maximum Gasteiger partial charge on any atom is 0.254 e. The van der Waals surface area contributed by atoms with Gasteiger partial charge in [0, 0.05) is 37.0 Å². The van der Waals surface area contributed by atoms with E-state index in [0.717, 1.165) is 24.4 Å². The Morgan fingerprint density at radius 1 is 1.11 bits per heavy atom. The predicted octanol–water partition coefficient (Wildman–Crippen LogP) is 3.23. The number of hydrogen-bond acceptors (Lipinski definition) is 7. The molecule has 1 aliphatic rings. The molecule has 0 atom stereocenters. The van der Waals surface area contributed by atoms with Crippen molar-refractivity contribution >= 4 is 17.5 Å². The highest BCUT2D eigenvalue weighted by atomic mass is 16.5. The standard InChI is InChI=1S/C20H22N6O2/c27-18(15-12-22-20(23-13-15)24-16-8-2-1-3-9-16)21-11-10-17-25-19(28-26-17)14-6-4-5-7-14/h1-3,8-9,12-14H,4-7,10-11H2,(H,21,27)(H,22,23,24). The molecule has 2 aromatic heterocycles. The fourth-order valence-corrected chi connectivity index (χ4v) is 3.26. The zero-order chi connectivity index (χ0) is 19.2. The Morgan fingerprint density at radius 2 is 1.86 bits per heavy atom. The minimum Gasteiger partial charge on any atom is -0.351 e. The molecule has 1 saturated carbocycles. The van der Waals surface area contributed by atoms with Gasteiger partial charge in [0.15, 0.2) is 5.82 Å². The fourth-order valence-electron chi connectivity index (χ4n) is 3.26. The molecule has 28 heavy (non-hydrogen) atoms. The summed E-state index contributed by atoms with van der Waals surface area (Å²) in [4.78, 5) is 25.1. The molecule has 144 valence electrons. The smallest absolute Gasteiger partial charge is 0.254 e. The molecule has 3 aromatic rings. The van der Waals surface area contributed by atoms with Gasteiger partial charge in [-0.05, 0) is 25.0 Å². The first kappa shape index (κ1) is 18.1. The third-order valence-corrected chi connectivity index (χ3v) is 4.77. The van der Waals surface area contributed by atoms with E-state index in [2.05, 4.69) is 30.7 Å². The van der Waals surface area contributed by atoms with Crippen LogP contribution in [0.2, 0.25) is 0 Å². The number of nitrogens with zero attached hydrogens (tertiary/aromatic N) is 4. The summed E-state index contributed by atoms with van der Waals surface area (Å²) in [5, 5.41) is 9.93. The number of benzene rings is 1. The molecule has 0 aliphatic heterocycles.